The van der Waals surface area contributed by atoms with Gasteiger partial charge in [-0.25, -0.2) is 0 Å². The van der Waals surface area contributed by atoms with Gasteiger partial charge in [0.25, 0.3) is 0 Å². The Balaban J connectivity index is 0. The van der Waals surface area contributed by atoms with E-state index in [4.69, 9.17) is 0 Å². The third-order valence-corrected chi connectivity index (χ3v) is 1.90. The minimum atomic E-state index is 1.09. The van der Waals surface area contributed by atoms with Gasteiger partial charge in [-0.05, 0) is 27.1 Å². The minimum absolute atomic E-state index is 1.09. The molecule has 3 nitrogen and oxygen atoms in total. The second-order valence-electron chi connectivity index (χ2n) is 3.05. The van der Waals surface area contributed by atoms with Crippen LogP contribution in [-0.4, -0.2) is 51.7 Å². The first-order valence-corrected chi connectivity index (χ1v) is 5.86. The van der Waals surface area contributed by atoms with E-state index in [0.717, 1.165) is 26.2 Å². The molecular weight excluding hydrogens is 174 g/mol. The molecule has 0 saturated carbocycles. The third-order valence-electron chi connectivity index (χ3n) is 1.90. The van der Waals surface area contributed by atoms with Crippen molar-refractivity contribution in [2.75, 3.05) is 46.8 Å². The number of rotatable bonds is 8. The topological polar surface area (TPSA) is 27.3 Å². The summed E-state index contributed by atoms with van der Waals surface area (Å²) in [7, 11) is 4.00. The molecule has 0 aromatic rings. The van der Waals surface area contributed by atoms with Gasteiger partial charge >= 0.3 is 0 Å². The molecule has 0 amide bonds. The normalized spacial score (nSPS) is 9.86. The van der Waals surface area contributed by atoms with Gasteiger partial charge in [-0.1, -0.05) is 20.8 Å². The fourth-order valence-electron chi connectivity index (χ4n) is 1.19. The quantitative estimate of drug-likeness (QED) is 0.620. The van der Waals surface area contributed by atoms with Crippen LogP contribution in [0.15, 0.2) is 0 Å². The maximum absolute atomic E-state index is 3.17. The zero-order chi connectivity index (χ0) is 11.2. The largest absolute Gasteiger partial charge is 0.318 e. The standard InChI is InChI=1S/C9H23N3.C2H6/c1-4-7-12(8-5-10-2)9-6-11-3;1-2/h10-11H,4-9H2,1-3H3;1-2H3. The van der Waals surface area contributed by atoms with Crippen LogP contribution in [-0.2, 0) is 0 Å². The monoisotopic (exact) mass is 203 g/mol. The average molecular weight is 203 g/mol. The van der Waals surface area contributed by atoms with Crippen LogP contribution in [0.4, 0.5) is 0 Å². The van der Waals surface area contributed by atoms with Gasteiger partial charge in [0.05, 0.1) is 0 Å². The van der Waals surface area contributed by atoms with Crippen LogP contribution < -0.4 is 10.6 Å². The number of hydrogen-bond donors (Lipinski definition) is 2. The molecule has 0 atom stereocenters. The molecule has 14 heavy (non-hydrogen) atoms. The lowest BCUT2D eigenvalue weighted by Gasteiger charge is -2.20. The molecule has 0 radical (unpaired) electrons. The molecule has 0 heterocycles. The fourth-order valence-corrected chi connectivity index (χ4v) is 1.19. The molecule has 3 heteroatoms. The summed E-state index contributed by atoms with van der Waals surface area (Å²) < 4.78 is 0. The zero-order valence-corrected chi connectivity index (χ0v) is 10.7. The Morgan fingerprint density at radius 3 is 1.57 bits per heavy atom. The van der Waals surface area contributed by atoms with Crippen molar-refractivity contribution in [1.82, 2.24) is 15.5 Å². The summed E-state index contributed by atoms with van der Waals surface area (Å²) in [5.41, 5.74) is 0. The van der Waals surface area contributed by atoms with Crippen molar-refractivity contribution >= 4 is 0 Å². The van der Waals surface area contributed by atoms with Crippen molar-refractivity contribution in [2.24, 2.45) is 0 Å². The van der Waals surface area contributed by atoms with Crippen molar-refractivity contribution in [3.63, 3.8) is 0 Å². The minimum Gasteiger partial charge on any atom is -0.318 e. The van der Waals surface area contributed by atoms with E-state index in [2.05, 4.69) is 22.5 Å². The molecule has 0 bridgehead atoms. The van der Waals surface area contributed by atoms with Crippen molar-refractivity contribution in [1.29, 1.82) is 0 Å². The first-order chi connectivity index (χ1) is 6.85. The van der Waals surface area contributed by atoms with Gasteiger partial charge in [0.1, 0.15) is 0 Å². The summed E-state index contributed by atoms with van der Waals surface area (Å²) in [6, 6.07) is 0. The van der Waals surface area contributed by atoms with Crippen LogP contribution in [0.1, 0.15) is 27.2 Å². The van der Waals surface area contributed by atoms with Crippen LogP contribution in [0.25, 0.3) is 0 Å². The SMILES string of the molecule is CC.CCCN(CCNC)CCNC. The van der Waals surface area contributed by atoms with E-state index in [1.165, 1.54) is 13.0 Å². The average Bonchev–Trinajstić information content (AvgIpc) is 2.25. The second kappa shape index (κ2) is 15.4. The smallest absolute Gasteiger partial charge is 0.0107 e. The molecule has 0 spiro atoms. The Morgan fingerprint density at radius 1 is 0.857 bits per heavy atom. The molecule has 0 unspecified atom stereocenters. The Morgan fingerprint density at radius 2 is 1.29 bits per heavy atom. The summed E-state index contributed by atoms with van der Waals surface area (Å²) >= 11 is 0. The number of nitrogens with one attached hydrogen (secondary N) is 2. The van der Waals surface area contributed by atoms with Gasteiger partial charge in [-0.15, -0.1) is 0 Å². The van der Waals surface area contributed by atoms with E-state index in [1.807, 2.05) is 27.9 Å². The fraction of sp³-hybridized carbons (Fsp3) is 1.00. The molecule has 0 aromatic heterocycles. The Kier molecular flexibility index (Phi) is 17.9. The van der Waals surface area contributed by atoms with Gasteiger partial charge in [0.15, 0.2) is 0 Å². The number of likely N-dealkylation sites (N-methyl/N-ethyl adjacent to an activating group) is 2. The van der Waals surface area contributed by atoms with Gasteiger partial charge in [0.2, 0.25) is 0 Å². The van der Waals surface area contributed by atoms with Gasteiger partial charge < -0.3 is 15.5 Å². The van der Waals surface area contributed by atoms with E-state index in [1.54, 1.807) is 0 Å². The summed E-state index contributed by atoms with van der Waals surface area (Å²) in [6.07, 6.45) is 1.24. The van der Waals surface area contributed by atoms with Crippen molar-refractivity contribution in [3.05, 3.63) is 0 Å². The molecule has 88 valence electrons. The molecule has 0 fully saturated rings. The maximum atomic E-state index is 3.17. The molecule has 0 aliphatic heterocycles. The van der Waals surface area contributed by atoms with E-state index in [9.17, 15) is 0 Å². The molecule has 2 N–H and O–H groups in total. The van der Waals surface area contributed by atoms with E-state index in [-0.39, 0.29) is 0 Å². The number of hydrogen-bond acceptors (Lipinski definition) is 3. The highest BCUT2D eigenvalue weighted by molar-refractivity contribution is 4.59. The summed E-state index contributed by atoms with van der Waals surface area (Å²) in [5, 5.41) is 6.34. The van der Waals surface area contributed by atoms with Crippen LogP contribution in [0.3, 0.4) is 0 Å². The Hall–Kier alpha value is -0.120. The van der Waals surface area contributed by atoms with Crippen LogP contribution in [0.5, 0.6) is 0 Å². The summed E-state index contributed by atoms with van der Waals surface area (Å²) in [6.45, 7) is 11.9. The van der Waals surface area contributed by atoms with Crippen LogP contribution >= 0.6 is 0 Å². The van der Waals surface area contributed by atoms with Gasteiger partial charge in [0, 0.05) is 26.2 Å². The van der Waals surface area contributed by atoms with Crippen LogP contribution in [0, 0.1) is 0 Å². The maximum Gasteiger partial charge on any atom is 0.0107 e. The molecule has 0 aromatic carbocycles. The first-order valence-electron chi connectivity index (χ1n) is 5.86. The van der Waals surface area contributed by atoms with E-state index < -0.39 is 0 Å². The van der Waals surface area contributed by atoms with Crippen LogP contribution in [0.2, 0.25) is 0 Å². The van der Waals surface area contributed by atoms with Gasteiger partial charge in [-0.2, -0.15) is 0 Å². The van der Waals surface area contributed by atoms with Crippen molar-refractivity contribution < 1.29 is 0 Å². The number of nitrogens with zero attached hydrogens (tertiary/aromatic N) is 1. The molecule has 0 saturated heterocycles. The molecular formula is C11H29N3. The highest BCUT2D eigenvalue weighted by atomic mass is 15.1. The highest BCUT2D eigenvalue weighted by Gasteiger charge is 2.00. The Bertz CT molecular complexity index is 78.6. The predicted octanol–water partition coefficient (Wildman–Crippen LogP) is 1.16. The third kappa shape index (κ3) is 11.9. The van der Waals surface area contributed by atoms with Crippen molar-refractivity contribution in [3.8, 4) is 0 Å². The van der Waals surface area contributed by atoms with Crippen molar-refractivity contribution in [2.45, 2.75) is 27.2 Å². The lowest BCUT2D eigenvalue weighted by atomic mass is 10.4. The molecule has 0 rings (SSSR count). The molecule has 0 aliphatic carbocycles. The van der Waals surface area contributed by atoms with Gasteiger partial charge in [-0.3, -0.25) is 0 Å². The predicted molar refractivity (Wildman–Crippen MR) is 65.9 cm³/mol. The summed E-state index contributed by atoms with van der Waals surface area (Å²) in [4.78, 5) is 2.48. The first kappa shape index (κ1) is 16.3. The summed E-state index contributed by atoms with van der Waals surface area (Å²) in [5.74, 6) is 0. The van der Waals surface area contributed by atoms with E-state index >= 15 is 0 Å². The highest BCUT2D eigenvalue weighted by Crippen LogP contribution is 1.88. The zero-order valence-electron chi connectivity index (χ0n) is 10.7. The van der Waals surface area contributed by atoms with E-state index in [0.29, 0.717) is 0 Å². The second-order valence-corrected chi connectivity index (χ2v) is 3.05. The lowest BCUT2D eigenvalue weighted by Crippen LogP contribution is -2.36. The Labute approximate surface area is 90.3 Å². The molecule has 0 aliphatic rings. The lowest BCUT2D eigenvalue weighted by molar-refractivity contribution is 0.277.